The van der Waals surface area contributed by atoms with Crippen LogP contribution in [0.15, 0.2) is 45.7 Å². The third-order valence-corrected chi connectivity index (χ3v) is 2.78. The van der Waals surface area contributed by atoms with E-state index in [9.17, 15) is 0 Å². The number of nitrogens with two attached hydrogens (primary N) is 1. The second kappa shape index (κ2) is 6.11. The molecule has 0 radical (unpaired) electrons. The van der Waals surface area contributed by atoms with Gasteiger partial charge in [-0.2, -0.15) is 0 Å². The van der Waals surface area contributed by atoms with E-state index in [4.69, 9.17) is 5.84 Å². The van der Waals surface area contributed by atoms with Crippen LogP contribution < -0.4 is 11.2 Å². The van der Waals surface area contributed by atoms with Crippen LogP contribution in [0.4, 0.5) is 5.69 Å². The molecule has 6 nitrogen and oxygen atoms in total. The molecule has 0 aliphatic carbocycles. The van der Waals surface area contributed by atoms with Crippen LogP contribution in [-0.4, -0.2) is 36.5 Å². The molecule has 0 bridgehead atoms. The van der Waals surface area contributed by atoms with E-state index in [-0.39, 0.29) is 0 Å². The van der Waals surface area contributed by atoms with Gasteiger partial charge in [0.05, 0.1) is 5.69 Å². The maximum Gasteiger partial charge on any atom is 0.247 e. The van der Waals surface area contributed by atoms with Gasteiger partial charge in [0, 0.05) is 25.7 Å². The Hall–Kier alpha value is -1.95. The quantitative estimate of drug-likeness (QED) is 0.258. The van der Waals surface area contributed by atoms with E-state index in [1.807, 2.05) is 30.3 Å². The molecule has 6 heteroatoms. The number of rotatable bonds is 1. The minimum absolute atomic E-state index is 0.410. The van der Waals surface area contributed by atoms with Gasteiger partial charge in [-0.25, -0.2) is 4.99 Å². The summed E-state index contributed by atoms with van der Waals surface area (Å²) in [5.41, 5.74) is 0.853. The van der Waals surface area contributed by atoms with E-state index in [0.717, 1.165) is 25.3 Å². The van der Waals surface area contributed by atoms with Gasteiger partial charge in [-0.05, 0) is 19.1 Å². The van der Waals surface area contributed by atoms with Crippen molar-refractivity contribution in [3.8, 4) is 0 Å². The fourth-order valence-corrected chi connectivity index (χ4v) is 1.94. The molecule has 0 saturated carbocycles. The molecule has 1 atom stereocenters. The summed E-state index contributed by atoms with van der Waals surface area (Å²) in [7, 11) is 0. The Morgan fingerprint density at radius 3 is 2.83 bits per heavy atom. The Labute approximate surface area is 107 Å². The highest BCUT2D eigenvalue weighted by atomic mass is 15.4. The first kappa shape index (κ1) is 12.5. The minimum Gasteiger partial charge on any atom is -0.337 e. The van der Waals surface area contributed by atoms with Crippen molar-refractivity contribution >= 4 is 11.6 Å². The number of benzene rings is 1. The average Bonchev–Trinajstić information content (AvgIpc) is 2.39. The molecule has 3 N–H and O–H groups in total. The van der Waals surface area contributed by atoms with Gasteiger partial charge < -0.3 is 16.1 Å². The van der Waals surface area contributed by atoms with E-state index in [2.05, 4.69) is 32.5 Å². The molecule has 1 heterocycles. The zero-order valence-corrected chi connectivity index (χ0v) is 10.5. The summed E-state index contributed by atoms with van der Waals surface area (Å²) in [6.45, 7) is 4.75. The van der Waals surface area contributed by atoms with Crippen molar-refractivity contribution in [2.45, 2.75) is 13.0 Å². The number of hydrogen-bond donors (Lipinski definition) is 2. The number of aliphatic imine (C=N–C) groups is 1. The van der Waals surface area contributed by atoms with Gasteiger partial charge in [0.2, 0.25) is 5.96 Å². The van der Waals surface area contributed by atoms with Crippen molar-refractivity contribution < 1.29 is 0 Å². The number of guanidine groups is 1. The second-order valence-corrected chi connectivity index (χ2v) is 4.26. The van der Waals surface area contributed by atoms with Gasteiger partial charge in [-0.15, -0.1) is 0 Å². The first-order valence-corrected chi connectivity index (χ1v) is 6.02. The summed E-state index contributed by atoms with van der Waals surface area (Å²) >= 11 is 0. The Balaban J connectivity index is 2.20. The van der Waals surface area contributed by atoms with Crippen LogP contribution >= 0.6 is 0 Å². The van der Waals surface area contributed by atoms with Crippen LogP contribution in [0.5, 0.6) is 0 Å². The van der Waals surface area contributed by atoms with Gasteiger partial charge >= 0.3 is 0 Å². The monoisotopic (exact) mass is 246 g/mol. The number of nitrogens with zero attached hydrogens (tertiary/aromatic N) is 4. The number of nitrogens with one attached hydrogen (secondary N) is 1. The van der Waals surface area contributed by atoms with Crippen LogP contribution in [0.3, 0.4) is 0 Å². The van der Waals surface area contributed by atoms with Crippen molar-refractivity contribution in [1.82, 2.24) is 10.2 Å². The molecular formula is C12H18N6. The van der Waals surface area contributed by atoms with E-state index >= 15 is 0 Å². The highest BCUT2D eigenvalue weighted by Gasteiger charge is 2.19. The molecule has 1 aliphatic heterocycles. The van der Waals surface area contributed by atoms with Crippen LogP contribution in [0.2, 0.25) is 0 Å². The first-order valence-electron chi connectivity index (χ1n) is 6.02. The summed E-state index contributed by atoms with van der Waals surface area (Å²) in [5.74, 6) is 5.73. The highest BCUT2D eigenvalue weighted by Crippen LogP contribution is 2.13. The first-order chi connectivity index (χ1) is 8.79. The smallest absolute Gasteiger partial charge is 0.247 e. The molecule has 18 heavy (non-hydrogen) atoms. The van der Waals surface area contributed by atoms with Gasteiger partial charge in [-0.1, -0.05) is 28.5 Å². The predicted molar refractivity (Wildman–Crippen MR) is 71.6 cm³/mol. The largest absolute Gasteiger partial charge is 0.337 e. The third kappa shape index (κ3) is 3.27. The normalized spacial score (nSPS) is 21.5. The second-order valence-electron chi connectivity index (χ2n) is 4.26. The topological polar surface area (TPSA) is 78.4 Å². The van der Waals surface area contributed by atoms with Gasteiger partial charge in [0.15, 0.2) is 0 Å². The van der Waals surface area contributed by atoms with E-state index in [1.165, 1.54) is 0 Å². The molecule has 0 aromatic heterocycles. The van der Waals surface area contributed by atoms with Crippen molar-refractivity contribution in [1.29, 1.82) is 0 Å². The van der Waals surface area contributed by atoms with Crippen molar-refractivity contribution in [3.63, 3.8) is 0 Å². The molecule has 1 aliphatic rings. The van der Waals surface area contributed by atoms with Gasteiger partial charge in [-0.3, -0.25) is 0 Å². The van der Waals surface area contributed by atoms with Crippen molar-refractivity contribution in [3.05, 3.63) is 30.3 Å². The summed E-state index contributed by atoms with van der Waals surface area (Å²) in [6.07, 6.45) is 0. The number of para-hydroxylation sites is 1. The fourth-order valence-electron chi connectivity index (χ4n) is 1.94. The summed E-state index contributed by atoms with van der Waals surface area (Å²) in [4.78, 5) is 6.57. The Kier molecular flexibility index (Phi) is 4.25. The van der Waals surface area contributed by atoms with Crippen molar-refractivity contribution in [2.24, 2.45) is 21.2 Å². The molecule has 1 saturated heterocycles. The minimum atomic E-state index is 0.410. The molecule has 0 unspecified atom stereocenters. The lowest BCUT2D eigenvalue weighted by molar-refractivity contribution is 0.300. The lowest BCUT2D eigenvalue weighted by Crippen LogP contribution is -2.50. The molecular weight excluding hydrogens is 228 g/mol. The molecule has 0 spiro atoms. The molecule has 1 fully saturated rings. The van der Waals surface area contributed by atoms with Crippen molar-refractivity contribution in [2.75, 3.05) is 19.6 Å². The zero-order valence-electron chi connectivity index (χ0n) is 10.5. The Morgan fingerprint density at radius 2 is 2.17 bits per heavy atom. The third-order valence-electron chi connectivity index (χ3n) is 2.78. The van der Waals surface area contributed by atoms with Gasteiger partial charge in [0.1, 0.15) is 0 Å². The number of piperazine rings is 1. The lowest BCUT2D eigenvalue weighted by atomic mass is 10.2. The molecule has 1 aromatic carbocycles. The summed E-state index contributed by atoms with van der Waals surface area (Å²) < 4.78 is 0. The molecule has 2 rings (SSSR count). The summed E-state index contributed by atoms with van der Waals surface area (Å²) in [6, 6.07) is 10.1. The van der Waals surface area contributed by atoms with Crippen LogP contribution in [0, 0.1) is 0 Å². The molecule has 96 valence electrons. The van der Waals surface area contributed by atoms with E-state index in [1.54, 1.807) is 0 Å². The predicted octanol–water partition coefficient (Wildman–Crippen LogP) is 1.29. The molecule has 0 amide bonds. The standard InChI is InChI=1S/C12H18N6/c1-10-9-18(8-7-14-10)12(16-17-13)15-11-5-3-2-4-6-11/h2-6,10,14H,7-9H2,1H3,(H2,13,15,16)/t10-/m1/s1. The number of hydrogen-bond acceptors (Lipinski definition) is 3. The zero-order chi connectivity index (χ0) is 12.8. The van der Waals surface area contributed by atoms with Crippen LogP contribution in [0.1, 0.15) is 6.92 Å². The summed E-state index contributed by atoms with van der Waals surface area (Å²) in [5, 5.41) is 10.7. The Bertz CT molecular complexity index is 427. The highest BCUT2D eigenvalue weighted by molar-refractivity contribution is 5.83. The van der Waals surface area contributed by atoms with Crippen LogP contribution in [-0.2, 0) is 0 Å². The Morgan fingerprint density at radius 1 is 1.39 bits per heavy atom. The SMILES string of the molecule is C[C@@H]1CN(C(=Nc2ccccc2)/N=N\N)CCN1. The average molecular weight is 246 g/mol. The van der Waals surface area contributed by atoms with E-state index < -0.39 is 0 Å². The lowest BCUT2D eigenvalue weighted by Gasteiger charge is -2.31. The van der Waals surface area contributed by atoms with Crippen LogP contribution in [0.25, 0.3) is 0 Å². The van der Waals surface area contributed by atoms with Gasteiger partial charge in [0.25, 0.3) is 0 Å². The maximum absolute atomic E-state index is 5.16. The molecule has 1 aromatic rings. The van der Waals surface area contributed by atoms with E-state index in [0.29, 0.717) is 12.0 Å². The maximum atomic E-state index is 5.16. The fraction of sp³-hybridized carbons (Fsp3) is 0.417.